The standard InChI is InChI=1S/C24H23F4O5STe/c1-16-3-8-19(9-4-16)35(20-10-5-17(2)6-11-20)22-15-18(7-12-21(22)29)33-14-13-23(25,26)24(27,28)34(30,31)32/h3-12,15,29H,13-14H2,1-2H3,(H,30,31,32). The Morgan fingerprint density at radius 1 is 0.857 bits per heavy atom. The van der Waals surface area contributed by atoms with E-state index in [2.05, 4.69) is 0 Å². The molecule has 2 N–H and O–H groups in total. The molecule has 1 radical (unpaired) electrons. The molecule has 0 saturated heterocycles. The van der Waals surface area contributed by atoms with Crippen molar-refractivity contribution < 1.29 is 40.4 Å². The molecule has 11 heteroatoms. The zero-order valence-corrected chi connectivity index (χ0v) is 21.9. The number of alkyl halides is 4. The van der Waals surface area contributed by atoms with Gasteiger partial charge in [0.05, 0.1) is 0 Å². The summed E-state index contributed by atoms with van der Waals surface area (Å²) in [6, 6.07) is 19.8. The van der Waals surface area contributed by atoms with Crippen LogP contribution in [0.5, 0.6) is 11.5 Å². The molecule has 35 heavy (non-hydrogen) atoms. The van der Waals surface area contributed by atoms with Gasteiger partial charge in [-0.1, -0.05) is 0 Å². The Morgan fingerprint density at radius 2 is 1.34 bits per heavy atom. The van der Waals surface area contributed by atoms with E-state index >= 15 is 0 Å². The van der Waals surface area contributed by atoms with E-state index in [9.17, 15) is 31.1 Å². The Bertz CT molecular complexity index is 1230. The fraction of sp³-hybridized carbons (Fsp3) is 0.250. The molecule has 0 atom stereocenters. The third-order valence-corrected chi connectivity index (χ3v) is 12.5. The second-order valence-electron chi connectivity index (χ2n) is 7.86. The van der Waals surface area contributed by atoms with Crippen LogP contribution in [-0.4, -0.2) is 55.4 Å². The van der Waals surface area contributed by atoms with Crippen LogP contribution in [0.1, 0.15) is 17.5 Å². The van der Waals surface area contributed by atoms with Crippen molar-refractivity contribution in [2.45, 2.75) is 31.4 Å². The minimum atomic E-state index is -6.31. The number of hydrogen-bond acceptors (Lipinski definition) is 4. The topological polar surface area (TPSA) is 83.8 Å². The van der Waals surface area contributed by atoms with Crippen LogP contribution in [-0.2, 0) is 10.1 Å². The molecule has 0 heterocycles. The third-order valence-electron chi connectivity index (χ3n) is 5.10. The van der Waals surface area contributed by atoms with Gasteiger partial charge >= 0.3 is 208 Å². The number of ether oxygens (including phenoxy) is 1. The summed E-state index contributed by atoms with van der Waals surface area (Å²) in [7, 11) is -6.31. The van der Waals surface area contributed by atoms with Gasteiger partial charge in [0, 0.05) is 0 Å². The van der Waals surface area contributed by atoms with Crippen molar-refractivity contribution in [1.82, 2.24) is 0 Å². The maximum atomic E-state index is 13.8. The molecule has 3 aromatic carbocycles. The van der Waals surface area contributed by atoms with Crippen LogP contribution in [0.3, 0.4) is 0 Å². The zero-order chi connectivity index (χ0) is 26.0. The van der Waals surface area contributed by atoms with E-state index in [-0.39, 0.29) is 11.5 Å². The van der Waals surface area contributed by atoms with Gasteiger partial charge in [0.1, 0.15) is 0 Å². The van der Waals surface area contributed by atoms with Crippen LogP contribution in [0, 0.1) is 13.8 Å². The summed E-state index contributed by atoms with van der Waals surface area (Å²) in [5, 5.41) is 5.01. The molecular formula is C24H23F4O5STe. The van der Waals surface area contributed by atoms with Crippen LogP contribution >= 0.6 is 0 Å². The quantitative estimate of drug-likeness (QED) is 0.216. The zero-order valence-electron chi connectivity index (χ0n) is 18.7. The van der Waals surface area contributed by atoms with Crippen LogP contribution in [0.2, 0.25) is 0 Å². The van der Waals surface area contributed by atoms with Crippen molar-refractivity contribution in [1.29, 1.82) is 0 Å². The van der Waals surface area contributed by atoms with Gasteiger partial charge in [0.15, 0.2) is 0 Å². The average Bonchev–Trinajstić information content (AvgIpc) is 2.77. The van der Waals surface area contributed by atoms with Crippen molar-refractivity contribution in [2.24, 2.45) is 0 Å². The van der Waals surface area contributed by atoms with Gasteiger partial charge in [-0.3, -0.25) is 0 Å². The number of halogens is 4. The molecule has 0 unspecified atom stereocenters. The van der Waals surface area contributed by atoms with E-state index in [1.165, 1.54) is 18.2 Å². The molecule has 0 bridgehead atoms. The molecule has 0 spiro atoms. The van der Waals surface area contributed by atoms with Crippen LogP contribution in [0.15, 0.2) is 66.7 Å². The second kappa shape index (κ2) is 10.3. The van der Waals surface area contributed by atoms with Crippen molar-refractivity contribution in [3.63, 3.8) is 0 Å². The van der Waals surface area contributed by atoms with Gasteiger partial charge in [-0.05, 0) is 0 Å². The number of phenols is 1. The fourth-order valence-corrected chi connectivity index (χ4v) is 9.61. The van der Waals surface area contributed by atoms with Crippen LogP contribution < -0.4 is 15.6 Å². The first-order valence-corrected chi connectivity index (χ1v) is 15.2. The molecule has 0 fully saturated rings. The van der Waals surface area contributed by atoms with E-state index in [0.29, 0.717) is 3.61 Å². The van der Waals surface area contributed by atoms with Gasteiger partial charge < -0.3 is 0 Å². The summed E-state index contributed by atoms with van der Waals surface area (Å²) in [5.74, 6) is -5.02. The molecule has 0 aliphatic heterocycles. The fourth-order valence-electron chi connectivity index (χ4n) is 3.12. The molecule has 0 aromatic heterocycles. The molecule has 3 rings (SSSR count). The van der Waals surface area contributed by atoms with E-state index in [1.54, 1.807) is 0 Å². The normalized spacial score (nSPS) is 12.7. The van der Waals surface area contributed by atoms with E-state index in [1.807, 2.05) is 62.4 Å². The first-order chi connectivity index (χ1) is 16.2. The Hall–Kier alpha value is -2.32. The first-order valence-electron chi connectivity index (χ1n) is 10.3. The predicted molar refractivity (Wildman–Crippen MR) is 127 cm³/mol. The summed E-state index contributed by atoms with van der Waals surface area (Å²) < 4.78 is 92.0. The molecule has 189 valence electrons. The van der Waals surface area contributed by atoms with Crippen LogP contribution in [0.25, 0.3) is 0 Å². The number of benzene rings is 3. The predicted octanol–water partition coefficient (Wildman–Crippen LogP) is 3.41. The maximum absolute atomic E-state index is 13.8. The Kier molecular flexibility index (Phi) is 8.06. The van der Waals surface area contributed by atoms with E-state index < -0.39 is 53.9 Å². The summed E-state index contributed by atoms with van der Waals surface area (Å²) in [6.45, 7) is 2.94. The van der Waals surface area contributed by atoms with Crippen molar-refractivity contribution >= 4 is 40.5 Å². The van der Waals surface area contributed by atoms with E-state index in [4.69, 9.17) is 9.29 Å². The van der Waals surface area contributed by atoms with E-state index in [0.717, 1.165) is 18.3 Å². The average molecular weight is 627 g/mol. The number of aromatic hydroxyl groups is 1. The number of rotatable bonds is 9. The van der Waals surface area contributed by atoms with Gasteiger partial charge in [-0.2, -0.15) is 0 Å². The number of aryl methyl sites for hydroxylation is 2. The van der Waals surface area contributed by atoms with Gasteiger partial charge in [0.25, 0.3) is 0 Å². The van der Waals surface area contributed by atoms with Gasteiger partial charge in [-0.25, -0.2) is 0 Å². The van der Waals surface area contributed by atoms with Gasteiger partial charge in [-0.15, -0.1) is 0 Å². The van der Waals surface area contributed by atoms with Crippen LogP contribution in [0.4, 0.5) is 17.6 Å². The Balaban J connectivity index is 1.91. The molecular weight excluding hydrogens is 604 g/mol. The summed E-state index contributed by atoms with van der Waals surface area (Å²) >= 11 is -2.65. The molecule has 0 aliphatic carbocycles. The molecule has 0 amide bonds. The third kappa shape index (κ3) is 6.09. The molecule has 0 aliphatic rings. The minimum absolute atomic E-state index is 0.0154. The van der Waals surface area contributed by atoms with Crippen molar-refractivity contribution in [3.05, 3.63) is 77.9 Å². The van der Waals surface area contributed by atoms with Gasteiger partial charge in [0.2, 0.25) is 0 Å². The SMILES string of the molecule is Cc1ccc([Te](c2ccc(C)cc2)c2cc(OCCC(F)(F)C(F)(F)S(=O)(=O)O)ccc2O)cc1. The first kappa shape index (κ1) is 27.3. The second-order valence-corrected chi connectivity index (χ2v) is 15.0. The number of hydrogen-bond donors (Lipinski definition) is 2. The summed E-state index contributed by atoms with van der Waals surface area (Å²) in [5.41, 5.74) is 2.11. The van der Waals surface area contributed by atoms with Crippen molar-refractivity contribution in [3.8, 4) is 11.5 Å². The van der Waals surface area contributed by atoms with Crippen molar-refractivity contribution in [2.75, 3.05) is 6.61 Å². The molecule has 0 saturated carbocycles. The molecule has 3 aromatic rings. The molecule has 5 nitrogen and oxygen atoms in total. The monoisotopic (exact) mass is 629 g/mol. The number of phenolic OH excluding ortho intramolecular Hbond substituents is 1. The Morgan fingerprint density at radius 3 is 1.80 bits per heavy atom. The summed E-state index contributed by atoms with van der Waals surface area (Å²) in [6.07, 6.45) is -1.66. The summed E-state index contributed by atoms with van der Waals surface area (Å²) in [4.78, 5) is 0. The Labute approximate surface area is 207 Å².